The molecule has 21 heavy (non-hydrogen) atoms. The van der Waals surface area contributed by atoms with E-state index in [1.807, 2.05) is 0 Å². The number of anilines is 1. The largest absolute Gasteiger partial charge is 0.573 e. The monoisotopic (exact) mass is 300 g/mol. The van der Waals surface area contributed by atoms with Crippen LogP contribution in [0.4, 0.5) is 23.7 Å². The molecular weight excluding hydrogens is 285 g/mol. The van der Waals surface area contributed by atoms with Gasteiger partial charge in [-0.2, -0.15) is 0 Å². The van der Waals surface area contributed by atoms with Crippen molar-refractivity contribution in [2.75, 3.05) is 11.9 Å². The van der Waals surface area contributed by atoms with Gasteiger partial charge in [0, 0.05) is 18.7 Å². The number of nitrogens with one attached hydrogen (secondary N) is 2. The van der Waals surface area contributed by atoms with Crippen molar-refractivity contribution < 1.29 is 22.7 Å². The summed E-state index contributed by atoms with van der Waals surface area (Å²) in [6, 6.07) is 4.45. The molecule has 0 atom stereocenters. The van der Waals surface area contributed by atoms with Gasteiger partial charge in [-0.1, -0.05) is 0 Å². The van der Waals surface area contributed by atoms with E-state index < -0.39 is 12.4 Å². The van der Waals surface area contributed by atoms with E-state index in [1.54, 1.807) is 0 Å². The Morgan fingerprint density at radius 3 is 2.48 bits per heavy atom. The highest BCUT2D eigenvalue weighted by molar-refractivity contribution is 5.89. The fourth-order valence-corrected chi connectivity index (χ4v) is 1.47. The second kappa shape index (κ2) is 8.04. The van der Waals surface area contributed by atoms with Crippen LogP contribution in [-0.2, 0) is 0 Å². The zero-order valence-corrected chi connectivity index (χ0v) is 11.2. The van der Waals surface area contributed by atoms with Crippen LogP contribution in [0.5, 0.6) is 5.75 Å². The number of hydrogen-bond acceptors (Lipinski definition) is 2. The molecule has 0 aromatic heterocycles. The number of ether oxygens (including phenoxy) is 1. The zero-order valence-electron chi connectivity index (χ0n) is 11.2. The summed E-state index contributed by atoms with van der Waals surface area (Å²) >= 11 is 0. The van der Waals surface area contributed by atoms with Crippen LogP contribution < -0.4 is 15.4 Å². The number of hydrogen-bond donors (Lipinski definition) is 2. The van der Waals surface area contributed by atoms with E-state index in [-0.39, 0.29) is 5.75 Å². The first-order valence-corrected chi connectivity index (χ1v) is 6.25. The molecule has 0 saturated carbocycles. The fraction of sp³-hybridized carbons (Fsp3) is 0.357. The molecule has 0 aliphatic heterocycles. The van der Waals surface area contributed by atoms with Crippen molar-refractivity contribution in [2.45, 2.75) is 25.6 Å². The average molecular weight is 300 g/mol. The topological polar surface area (TPSA) is 50.4 Å². The molecule has 1 aromatic rings. The molecule has 0 bridgehead atoms. The van der Waals surface area contributed by atoms with Gasteiger partial charge in [-0.15, -0.1) is 25.5 Å². The van der Waals surface area contributed by atoms with Crippen molar-refractivity contribution in [2.24, 2.45) is 0 Å². The van der Waals surface area contributed by atoms with Gasteiger partial charge in [0.15, 0.2) is 0 Å². The number of rotatable bonds is 6. The van der Waals surface area contributed by atoms with E-state index in [0.29, 0.717) is 18.7 Å². The minimum Gasteiger partial charge on any atom is -0.406 e. The fourth-order valence-electron chi connectivity index (χ4n) is 1.47. The number of terminal acetylenes is 1. The van der Waals surface area contributed by atoms with Crippen LogP contribution >= 0.6 is 0 Å². The second-order valence-corrected chi connectivity index (χ2v) is 4.11. The molecule has 0 unspecified atom stereocenters. The molecule has 0 spiro atoms. The lowest BCUT2D eigenvalue weighted by molar-refractivity contribution is -0.274. The molecule has 0 aliphatic rings. The number of benzene rings is 1. The Kier molecular flexibility index (Phi) is 6.40. The second-order valence-electron chi connectivity index (χ2n) is 4.11. The van der Waals surface area contributed by atoms with Crippen LogP contribution in [0.2, 0.25) is 0 Å². The summed E-state index contributed by atoms with van der Waals surface area (Å²) in [5.41, 5.74) is 0.366. The minimum atomic E-state index is -4.73. The molecular formula is C14H15F3N2O2. The Labute approximate surface area is 120 Å². The molecule has 0 fully saturated rings. The first kappa shape index (κ1) is 16.7. The van der Waals surface area contributed by atoms with Crippen LogP contribution in [0.3, 0.4) is 0 Å². The normalized spacial score (nSPS) is 10.6. The molecule has 0 heterocycles. The van der Waals surface area contributed by atoms with Gasteiger partial charge >= 0.3 is 12.4 Å². The maximum absolute atomic E-state index is 12.0. The Morgan fingerprint density at radius 2 is 1.90 bits per heavy atom. The van der Waals surface area contributed by atoms with E-state index in [0.717, 1.165) is 25.0 Å². The first-order chi connectivity index (χ1) is 9.90. The van der Waals surface area contributed by atoms with E-state index in [2.05, 4.69) is 21.3 Å². The lowest BCUT2D eigenvalue weighted by atomic mass is 10.2. The summed E-state index contributed by atoms with van der Waals surface area (Å²) in [6.07, 6.45) is 2.60. The molecule has 0 radical (unpaired) electrons. The van der Waals surface area contributed by atoms with Crippen molar-refractivity contribution in [3.63, 3.8) is 0 Å². The molecule has 4 nitrogen and oxygen atoms in total. The van der Waals surface area contributed by atoms with E-state index >= 15 is 0 Å². The lowest BCUT2D eigenvalue weighted by Crippen LogP contribution is -2.29. The Morgan fingerprint density at radius 1 is 1.24 bits per heavy atom. The number of urea groups is 1. The van der Waals surface area contributed by atoms with Gasteiger partial charge in [0.1, 0.15) is 5.75 Å². The summed E-state index contributed by atoms with van der Waals surface area (Å²) in [6.45, 7) is 0.475. The quantitative estimate of drug-likeness (QED) is 0.624. The third kappa shape index (κ3) is 7.72. The van der Waals surface area contributed by atoms with Crippen molar-refractivity contribution in [3.8, 4) is 18.1 Å². The van der Waals surface area contributed by atoms with E-state index in [9.17, 15) is 18.0 Å². The van der Waals surface area contributed by atoms with Crippen LogP contribution in [0.1, 0.15) is 19.3 Å². The number of carbonyl (C=O) groups is 1. The van der Waals surface area contributed by atoms with Crippen LogP contribution in [0.25, 0.3) is 0 Å². The SMILES string of the molecule is C#CCCCCNC(=O)Nc1ccc(OC(F)(F)F)cc1. The zero-order chi connectivity index (χ0) is 15.7. The number of carbonyl (C=O) groups excluding carboxylic acids is 1. The van der Waals surface area contributed by atoms with Crippen LogP contribution in [0, 0.1) is 12.3 Å². The highest BCUT2D eigenvalue weighted by Gasteiger charge is 2.30. The van der Waals surface area contributed by atoms with E-state index in [1.165, 1.54) is 12.1 Å². The summed E-state index contributed by atoms with van der Waals surface area (Å²) < 4.78 is 39.6. The predicted molar refractivity (Wildman–Crippen MR) is 72.8 cm³/mol. The molecule has 2 amide bonds. The van der Waals surface area contributed by atoms with Gasteiger partial charge in [-0.3, -0.25) is 0 Å². The molecule has 2 N–H and O–H groups in total. The Bertz CT molecular complexity index is 492. The summed E-state index contributed by atoms with van der Waals surface area (Å²) in [5, 5.41) is 5.11. The van der Waals surface area contributed by atoms with Gasteiger partial charge < -0.3 is 15.4 Å². The molecule has 7 heteroatoms. The molecule has 0 saturated heterocycles. The van der Waals surface area contributed by atoms with Crippen molar-refractivity contribution >= 4 is 11.7 Å². The maximum Gasteiger partial charge on any atom is 0.573 e. The molecule has 1 rings (SSSR count). The van der Waals surface area contributed by atoms with Gasteiger partial charge in [-0.05, 0) is 37.1 Å². The smallest absolute Gasteiger partial charge is 0.406 e. The predicted octanol–water partition coefficient (Wildman–Crippen LogP) is 3.51. The number of amides is 2. The van der Waals surface area contributed by atoms with Crippen molar-refractivity contribution in [1.29, 1.82) is 0 Å². The van der Waals surface area contributed by atoms with Crippen molar-refractivity contribution in [3.05, 3.63) is 24.3 Å². The molecule has 114 valence electrons. The number of alkyl halides is 3. The average Bonchev–Trinajstić information content (AvgIpc) is 2.39. The van der Waals surface area contributed by atoms with Gasteiger partial charge in [0.2, 0.25) is 0 Å². The molecule has 1 aromatic carbocycles. The Hall–Kier alpha value is -2.36. The summed E-state index contributed by atoms with van der Waals surface area (Å²) in [7, 11) is 0. The van der Waals surface area contributed by atoms with Crippen LogP contribution in [-0.4, -0.2) is 18.9 Å². The van der Waals surface area contributed by atoms with Crippen LogP contribution in [0.15, 0.2) is 24.3 Å². The minimum absolute atomic E-state index is 0.345. The third-order valence-corrected chi connectivity index (χ3v) is 2.38. The van der Waals surface area contributed by atoms with E-state index in [4.69, 9.17) is 6.42 Å². The van der Waals surface area contributed by atoms with Gasteiger partial charge in [0.25, 0.3) is 0 Å². The third-order valence-electron chi connectivity index (χ3n) is 2.38. The highest BCUT2D eigenvalue weighted by atomic mass is 19.4. The standard InChI is InChI=1S/C14H15F3N2O2/c1-2-3-4-5-10-18-13(20)19-11-6-8-12(9-7-11)21-14(15,16)17/h1,6-9H,3-5,10H2,(H2,18,19,20). The number of halogens is 3. The highest BCUT2D eigenvalue weighted by Crippen LogP contribution is 2.23. The van der Waals surface area contributed by atoms with Gasteiger partial charge in [-0.25, -0.2) is 4.79 Å². The maximum atomic E-state index is 12.0. The van der Waals surface area contributed by atoms with Gasteiger partial charge in [0.05, 0.1) is 0 Å². The Balaban J connectivity index is 2.35. The molecule has 0 aliphatic carbocycles. The van der Waals surface area contributed by atoms with Crippen molar-refractivity contribution in [1.82, 2.24) is 5.32 Å². The number of unbranched alkanes of at least 4 members (excludes halogenated alkanes) is 2. The first-order valence-electron chi connectivity index (χ1n) is 6.25. The lowest BCUT2D eigenvalue weighted by Gasteiger charge is -2.10. The summed E-state index contributed by atoms with van der Waals surface area (Å²) in [4.78, 5) is 11.5. The summed E-state index contributed by atoms with van der Waals surface area (Å²) in [5.74, 6) is 2.15.